The van der Waals surface area contributed by atoms with Gasteiger partial charge < -0.3 is 0 Å². The van der Waals surface area contributed by atoms with Crippen molar-refractivity contribution < 1.29 is 0 Å². The summed E-state index contributed by atoms with van der Waals surface area (Å²) in [6.45, 7) is 3.32. The number of nitrogens with zero attached hydrogens (tertiary/aromatic N) is 1. The Bertz CT molecular complexity index is 758. The standard InChI is InChI=1S/C19H19NS/c1-13-6-7-14-10-11-20(2)19(16(14)12-13)18-9-8-15-4-3-5-17(15)21-18/h3-9,12,19H,10-11H2,1-2H3. The van der Waals surface area contributed by atoms with Gasteiger partial charge in [-0.25, -0.2) is 0 Å². The number of benzene rings is 1. The second-order valence-corrected chi connectivity index (χ2v) is 7.13. The molecular weight excluding hydrogens is 274 g/mol. The van der Waals surface area contributed by atoms with Crippen LogP contribution in [0.15, 0.2) is 48.5 Å². The number of hydrogen-bond acceptors (Lipinski definition) is 2. The number of aryl methyl sites for hydroxylation is 1. The van der Waals surface area contributed by atoms with Crippen molar-refractivity contribution in [2.45, 2.75) is 19.4 Å². The van der Waals surface area contributed by atoms with Gasteiger partial charge >= 0.3 is 0 Å². The fourth-order valence-electron chi connectivity index (χ4n) is 3.36. The topological polar surface area (TPSA) is 3.24 Å². The van der Waals surface area contributed by atoms with Gasteiger partial charge in [-0.3, -0.25) is 4.90 Å². The summed E-state index contributed by atoms with van der Waals surface area (Å²) in [7, 11) is 2.25. The van der Waals surface area contributed by atoms with Crippen molar-refractivity contribution in [1.29, 1.82) is 0 Å². The molecule has 2 aliphatic heterocycles. The molecule has 3 aliphatic rings. The second kappa shape index (κ2) is 4.97. The Hall–Kier alpha value is -1.64. The van der Waals surface area contributed by atoms with Gasteiger partial charge in [0.25, 0.3) is 0 Å². The van der Waals surface area contributed by atoms with E-state index >= 15 is 0 Å². The quantitative estimate of drug-likeness (QED) is 0.626. The molecule has 1 aromatic rings. The molecule has 0 radical (unpaired) electrons. The Morgan fingerprint density at radius 1 is 1.10 bits per heavy atom. The molecule has 106 valence electrons. The van der Waals surface area contributed by atoms with E-state index in [0.717, 1.165) is 13.0 Å². The van der Waals surface area contributed by atoms with Gasteiger partial charge in [-0.05, 0) is 49.2 Å². The predicted molar refractivity (Wildman–Crippen MR) is 90.3 cm³/mol. The van der Waals surface area contributed by atoms with Crippen LogP contribution < -0.4 is 0 Å². The summed E-state index contributed by atoms with van der Waals surface area (Å²) in [6.07, 6.45) is 1.16. The van der Waals surface area contributed by atoms with E-state index < -0.39 is 0 Å². The number of likely N-dealkylation sites (N-methyl/N-ethyl adjacent to an activating group) is 1. The Labute approximate surface area is 130 Å². The molecule has 21 heavy (non-hydrogen) atoms. The molecule has 0 fully saturated rings. The average Bonchev–Trinajstić information content (AvgIpc) is 2.94. The zero-order valence-electron chi connectivity index (χ0n) is 12.5. The third-order valence-corrected chi connectivity index (χ3v) is 5.69. The highest BCUT2D eigenvalue weighted by Crippen LogP contribution is 2.40. The van der Waals surface area contributed by atoms with Gasteiger partial charge in [-0.15, -0.1) is 11.3 Å². The molecule has 4 rings (SSSR count). The molecule has 1 aliphatic carbocycles. The summed E-state index contributed by atoms with van der Waals surface area (Å²) in [4.78, 5) is 5.32. The monoisotopic (exact) mass is 293 g/mol. The van der Waals surface area contributed by atoms with E-state index in [-0.39, 0.29) is 0 Å². The molecule has 0 spiro atoms. The highest BCUT2D eigenvalue weighted by atomic mass is 32.1. The van der Waals surface area contributed by atoms with Crippen LogP contribution in [0.4, 0.5) is 0 Å². The molecule has 2 heteroatoms. The normalized spacial score (nSPS) is 18.9. The Balaban J connectivity index is 1.87. The lowest BCUT2D eigenvalue weighted by Crippen LogP contribution is -2.32. The van der Waals surface area contributed by atoms with Gasteiger partial charge in [0.1, 0.15) is 0 Å². The first-order valence-electron chi connectivity index (χ1n) is 7.50. The van der Waals surface area contributed by atoms with Crippen LogP contribution in [-0.2, 0) is 6.42 Å². The van der Waals surface area contributed by atoms with Gasteiger partial charge in [0.2, 0.25) is 0 Å². The maximum absolute atomic E-state index is 2.49. The van der Waals surface area contributed by atoms with Crippen LogP contribution in [-0.4, -0.2) is 18.5 Å². The zero-order valence-corrected chi connectivity index (χ0v) is 13.3. The lowest BCUT2D eigenvalue weighted by molar-refractivity contribution is 0.268. The highest BCUT2D eigenvalue weighted by Gasteiger charge is 2.27. The van der Waals surface area contributed by atoms with Crippen molar-refractivity contribution in [2.75, 3.05) is 13.6 Å². The Kier molecular flexibility index (Phi) is 3.09. The maximum Gasteiger partial charge on any atom is 0.0696 e. The number of fused-ring (bicyclic) bond motifs is 2. The van der Waals surface area contributed by atoms with Gasteiger partial charge in [0.05, 0.1) is 6.04 Å². The van der Waals surface area contributed by atoms with Crippen molar-refractivity contribution in [3.05, 3.63) is 70.1 Å². The Morgan fingerprint density at radius 2 is 2.00 bits per heavy atom. The van der Waals surface area contributed by atoms with E-state index in [1.54, 1.807) is 0 Å². The predicted octanol–water partition coefficient (Wildman–Crippen LogP) is 4.74. The molecule has 0 N–H and O–H groups in total. The number of rotatable bonds is 1. The molecule has 1 atom stereocenters. The van der Waals surface area contributed by atoms with Crippen LogP contribution in [0, 0.1) is 6.92 Å². The fraction of sp³-hybridized carbons (Fsp3) is 0.263. The van der Waals surface area contributed by atoms with Crippen LogP contribution in [0.1, 0.15) is 27.6 Å². The van der Waals surface area contributed by atoms with Crippen LogP contribution in [0.5, 0.6) is 0 Å². The summed E-state index contributed by atoms with van der Waals surface area (Å²) in [5.74, 6) is 0. The number of hydrogen-bond donors (Lipinski definition) is 0. The van der Waals surface area contributed by atoms with Crippen LogP contribution in [0.25, 0.3) is 10.4 Å². The largest absolute Gasteiger partial charge is 0.294 e. The SMILES string of the molecule is Cc1ccc2c(c1)C(c1ccc3cccc-3s1)N(C)CC2. The molecule has 0 amide bonds. The molecule has 0 saturated heterocycles. The zero-order chi connectivity index (χ0) is 14.4. The molecule has 0 aromatic heterocycles. The molecular formula is C19H19NS. The summed E-state index contributed by atoms with van der Waals surface area (Å²) in [5, 5.41) is 0. The van der Waals surface area contributed by atoms with Crippen LogP contribution >= 0.6 is 11.3 Å². The van der Waals surface area contributed by atoms with E-state index in [1.165, 1.54) is 32.0 Å². The van der Waals surface area contributed by atoms with E-state index in [0.29, 0.717) is 6.04 Å². The first-order valence-corrected chi connectivity index (χ1v) is 8.32. The van der Waals surface area contributed by atoms with Gasteiger partial charge in [0.15, 0.2) is 0 Å². The van der Waals surface area contributed by atoms with Crippen molar-refractivity contribution in [3.63, 3.8) is 0 Å². The smallest absolute Gasteiger partial charge is 0.0696 e. The maximum atomic E-state index is 2.49. The minimum absolute atomic E-state index is 0.401. The molecule has 1 unspecified atom stereocenters. The Morgan fingerprint density at radius 3 is 2.90 bits per heavy atom. The lowest BCUT2D eigenvalue weighted by Gasteiger charge is -2.35. The van der Waals surface area contributed by atoms with Crippen molar-refractivity contribution in [1.82, 2.24) is 4.90 Å². The van der Waals surface area contributed by atoms with Crippen molar-refractivity contribution in [3.8, 4) is 10.4 Å². The van der Waals surface area contributed by atoms with Gasteiger partial charge in [-0.2, -0.15) is 0 Å². The van der Waals surface area contributed by atoms with Gasteiger partial charge in [-0.1, -0.05) is 42.0 Å². The molecule has 1 nitrogen and oxygen atoms in total. The summed E-state index contributed by atoms with van der Waals surface area (Å²) < 4.78 is 0. The second-order valence-electron chi connectivity index (χ2n) is 6.02. The highest BCUT2D eigenvalue weighted by molar-refractivity contribution is 7.15. The third kappa shape index (κ3) is 2.19. The van der Waals surface area contributed by atoms with Gasteiger partial charge in [0, 0.05) is 16.3 Å². The van der Waals surface area contributed by atoms with Crippen molar-refractivity contribution in [2.24, 2.45) is 0 Å². The van der Waals surface area contributed by atoms with Crippen LogP contribution in [0.3, 0.4) is 0 Å². The molecule has 0 bridgehead atoms. The van der Waals surface area contributed by atoms with Crippen LogP contribution in [0.2, 0.25) is 0 Å². The van der Waals surface area contributed by atoms with E-state index in [1.807, 2.05) is 11.3 Å². The summed E-state index contributed by atoms with van der Waals surface area (Å²) in [6, 6.07) is 18.5. The minimum atomic E-state index is 0.401. The first kappa shape index (κ1) is 13.1. The van der Waals surface area contributed by atoms with E-state index in [2.05, 4.69) is 67.4 Å². The van der Waals surface area contributed by atoms with E-state index in [9.17, 15) is 0 Å². The third-order valence-electron chi connectivity index (χ3n) is 4.50. The molecule has 2 heterocycles. The van der Waals surface area contributed by atoms with Crippen molar-refractivity contribution >= 4 is 11.3 Å². The molecule has 1 aromatic carbocycles. The first-order chi connectivity index (χ1) is 10.2. The molecule has 0 saturated carbocycles. The summed E-state index contributed by atoms with van der Waals surface area (Å²) in [5.41, 5.74) is 5.71. The lowest BCUT2D eigenvalue weighted by atomic mass is 9.90. The minimum Gasteiger partial charge on any atom is -0.294 e. The fourth-order valence-corrected chi connectivity index (χ4v) is 4.57. The summed E-state index contributed by atoms with van der Waals surface area (Å²) >= 11 is 1.93. The van der Waals surface area contributed by atoms with E-state index in [4.69, 9.17) is 0 Å². The average molecular weight is 293 g/mol.